The van der Waals surface area contributed by atoms with Crippen LogP contribution < -0.4 is 15.7 Å². The first-order valence-electron chi connectivity index (χ1n) is 6.52. The quantitative estimate of drug-likeness (QED) is 0.298. The molecule has 0 aliphatic heterocycles. The highest BCUT2D eigenvalue weighted by atomic mass is 127. The van der Waals surface area contributed by atoms with Gasteiger partial charge in [-0.3, -0.25) is 4.79 Å². The van der Waals surface area contributed by atoms with E-state index in [0.29, 0.717) is 5.70 Å². The summed E-state index contributed by atoms with van der Waals surface area (Å²) in [4.78, 5) is 14.2. The van der Waals surface area contributed by atoms with E-state index in [1.807, 2.05) is 10.4 Å². The molecule has 1 amide bonds. The van der Waals surface area contributed by atoms with Gasteiger partial charge in [-0.05, 0) is 30.4 Å². The Morgan fingerprint density at radius 3 is 2.62 bits per heavy atom. The van der Waals surface area contributed by atoms with Gasteiger partial charge in [0.1, 0.15) is 23.0 Å². The van der Waals surface area contributed by atoms with E-state index in [9.17, 15) is 13.2 Å². The molecule has 0 saturated heterocycles. The first-order chi connectivity index (χ1) is 11.4. The number of halogens is 1. The lowest BCUT2D eigenvalue weighted by atomic mass is 10.2. The van der Waals surface area contributed by atoms with Crippen molar-refractivity contribution in [2.24, 2.45) is 0 Å². The first-order valence-corrected chi connectivity index (χ1v) is 8.88. The Morgan fingerprint density at radius 2 is 2.00 bits per heavy atom. The molecule has 0 atom stereocenters. The Hall–Kier alpha value is -1.79. The summed E-state index contributed by atoms with van der Waals surface area (Å²) in [6, 6.07) is 5.56. The Bertz CT molecular complexity index is 773. The van der Waals surface area contributed by atoms with Crippen LogP contribution in [-0.4, -0.2) is 14.3 Å². The zero-order valence-corrected chi connectivity index (χ0v) is 15.5. The van der Waals surface area contributed by atoms with Gasteiger partial charge >= 0.3 is 0 Å². The van der Waals surface area contributed by atoms with Crippen LogP contribution in [0.3, 0.4) is 0 Å². The van der Waals surface area contributed by atoms with Crippen LogP contribution in [0.4, 0.5) is 0 Å². The molecular weight excluding hydrogens is 445 g/mol. The van der Waals surface area contributed by atoms with Gasteiger partial charge in [-0.25, -0.2) is 11.6 Å². The number of rotatable bonds is 9. The smallest absolute Gasteiger partial charge is 0.255 e. The van der Waals surface area contributed by atoms with Crippen LogP contribution >= 0.6 is 23.0 Å². The van der Waals surface area contributed by atoms with Crippen molar-refractivity contribution in [1.29, 1.82) is 0 Å². The Morgan fingerprint density at radius 1 is 1.25 bits per heavy atom. The van der Waals surface area contributed by atoms with Crippen molar-refractivity contribution in [2.45, 2.75) is 4.90 Å². The van der Waals surface area contributed by atoms with Gasteiger partial charge in [-0.1, -0.05) is 37.5 Å². The van der Waals surface area contributed by atoms with E-state index in [4.69, 9.17) is 0 Å². The van der Waals surface area contributed by atoms with Gasteiger partial charge in [0.25, 0.3) is 15.9 Å². The van der Waals surface area contributed by atoms with Crippen molar-refractivity contribution in [3.63, 3.8) is 0 Å². The largest absolute Gasteiger partial charge is 0.322 e. The number of nitrogens with one attached hydrogen (secondary N) is 3. The second-order valence-corrected chi connectivity index (χ2v) is 6.34. The van der Waals surface area contributed by atoms with Crippen LogP contribution in [-0.2, 0) is 13.2 Å². The van der Waals surface area contributed by atoms with Crippen molar-refractivity contribution >= 4 is 38.9 Å². The van der Waals surface area contributed by atoms with Crippen molar-refractivity contribution in [2.75, 3.05) is 0 Å². The van der Waals surface area contributed by atoms with Crippen LogP contribution in [0.5, 0.6) is 0 Å². The number of hydrazine groups is 1. The summed E-state index contributed by atoms with van der Waals surface area (Å²) in [5.74, 6) is -0.466. The summed E-state index contributed by atoms with van der Waals surface area (Å²) in [5.41, 5.74) is 2.68. The number of carbonyl (C=O) groups excluding carboxylic acids is 1. The van der Waals surface area contributed by atoms with Gasteiger partial charge in [0.05, 0.1) is 4.90 Å². The van der Waals surface area contributed by atoms with Crippen LogP contribution in [0, 0.1) is 0 Å². The van der Waals surface area contributed by atoms with E-state index in [-0.39, 0.29) is 10.5 Å². The molecule has 1 aromatic carbocycles. The predicted molar refractivity (Wildman–Crippen MR) is 100 cm³/mol. The number of allylic oxidation sites excluding steroid dienone is 5. The van der Waals surface area contributed by atoms with E-state index in [1.54, 1.807) is 24.3 Å². The highest BCUT2D eigenvalue weighted by molar-refractivity contribution is 14.1. The lowest BCUT2D eigenvalue weighted by molar-refractivity contribution is 0.0967. The second-order valence-electron chi connectivity index (χ2n) is 4.22. The number of hydrogen-bond acceptors (Lipinski definition) is 5. The SMILES string of the molecule is C=C/C=C\C(=C/C=C)NC(=O)c1cccc(S(=O)(=O)NNOI)c1. The number of amides is 1. The summed E-state index contributed by atoms with van der Waals surface area (Å²) in [6.45, 7) is 7.12. The highest BCUT2D eigenvalue weighted by Crippen LogP contribution is 2.11. The topological polar surface area (TPSA) is 96.5 Å². The first kappa shape index (κ1) is 20.3. The van der Waals surface area contributed by atoms with Gasteiger partial charge in [-0.2, -0.15) is 0 Å². The van der Waals surface area contributed by atoms with Crippen LogP contribution in [0.15, 0.2) is 78.4 Å². The molecule has 3 N–H and O–H groups in total. The predicted octanol–water partition coefficient (Wildman–Crippen LogP) is 2.29. The standard InChI is InChI=1S/C15H16IN3O4S/c1-3-5-9-13(7-4-2)17-15(20)12-8-6-10-14(11-12)24(21,22)19-18-23-16/h3-11,18-19H,1-2H2,(H,17,20)/b9-5-,13-7+. The van der Waals surface area contributed by atoms with E-state index >= 15 is 0 Å². The Kier molecular flexibility index (Phi) is 8.57. The van der Waals surface area contributed by atoms with Gasteiger partial charge in [-0.15, -0.1) is 10.4 Å². The maximum absolute atomic E-state index is 12.3. The lowest BCUT2D eigenvalue weighted by Gasteiger charge is -2.09. The van der Waals surface area contributed by atoms with E-state index in [0.717, 1.165) is 0 Å². The van der Waals surface area contributed by atoms with Crippen LogP contribution in [0.1, 0.15) is 10.4 Å². The minimum absolute atomic E-state index is 0.0908. The fraction of sp³-hybridized carbons (Fsp3) is 0. The molecule has 0 aliphatic carbocycles. The molecule has 0 bridgehead atoms. The van der Waals surface area contributed by atoms with Gasteiger partial charge in [0.15, 0.2) is 0 Å². The maximum Gasteiger partial charge on any atom is 0.255 e. The molecule has 0 fully saturated rings. The summed E-state index contributed by atoms with van der Waals surface area (Å²) in [7, 11) is -3.86. The van der Waals surface area contributed by atoms with Gasteiger partial charge in [0, 0.05) is 11.3 Å². The van der Waals surface area contributed by atoms with Gasteiger partial charge in [0.2, 0.25) is 0 Å². The van der Waals surface area contributed by atoms with Gasteiger partial charge < -0.3 is 5.32 Å². The molecule has 1 aromatic rings. The van der Waals surface area contributed by atoms with Crippen molar-refractivity contribution in [1.82, 2.24) is 15.7 Å². The fourth-order valence-corrected chi connectivity index (χ4v) is 2.64. The zero-order valence-electron chi connectivity index (χ0n) is 12.5. The zero-order chi connectivity index (χ0) is 18.0. The molecule has 0 aromatic heterocycles. The van der Waals surface area contributed by atoms with Crippen LogP contribution in [0.2, 0.25) is 0 Å². The summed E-state index contributed by atoms with van der Waals surface area (Å²) >= 11 is 1.47. The average Bonchev–Trinajstić information content (AvgIpc) is 2.58. The van der Waals surface area contributed by atoms with Crippen molar-refractivity contribution in [3.05, 3.63) is 79.1 Å². The number of sulfonamides is 1. The average molecular weight is 461 g/mol. The number of hydrogen-bond donors (Lipinski definition) is 3. The van der Waals surface area contributed by atoms with Crippen molar-refractivity contribution < 1.29 is 16.4 Å². The minimum atomic E-state index is -3.86. The molecule has 7 nitrogen and oxygen atoms in total. The molecule has 0 spiro atoms. The molecule has 0 saturated carbocycles. The molecule has 0 radical (unpaired) electrons. The van der Waals surface area contributed by atoms with E-state index in [1.165, 1.54) is 53.3 Å². The number of benzene rings is 1. The summed E-state index contributed by atoms with van der Waals surface area (Å²) in [6.07, 6.45) is 7.96. The summed E-state index contributed by atoms with van der Waals surface area (Å²) in [5, 5.41) is 2.65. The van der Waals surface area contributed by atoms with Crippen LogP contribution in [0.25, 0.3) is 0 Å². The molecule has 0 unspecified atom stereocenters. The third-order valence-electron chi connectivity index (χ3n) is 2.59. The minimum Gasteiger partial charge on any atom is -0.322 e. The normalized spacial score (nSPS) is 12.1. The Labute approximate surface area is 154 Å². The third-order valence-corrected chi connectivity index (χ3v) is 4.04. The number of carbonyl (C=O) groups is 1. The molecule has 9 heteroatoms. The van der Waals surface area contributed by atoms with E-state index < -0.39 is 15.9 Å². The molecule has 1 rings (SSSR count). The monoisotopic (exact) mass is 461 g/mol. The van der Waals surface area contributed by atoms with Crippen molar-refractivity contribution in [3.8, 4) is 0 Å². The maximum atomic E-state index is 12.3. The molecular formula is C15H16IN3O4S. The molecule has 128 valence electrons. The molecule has 24 heavy (non-hydrogen) atoms. The second kappa shape index (κ2) is 10.2. The lowest BCUT2D eigenvalue weighted by Crippen LogP contribution is -2.35. The summed E-state index contributed by atoms with van der Waals surface area (Å²) < 4.78 is 28.4. The molecule has 0 aliphatic rings. The highest BCUT2D eigenvalue weighted by Gasteiger charge is 2.16. The third kappa shape index (κ3) is 6.37. The fourth-order valence-electron chi connectivity index (χ4n) is 1.57. The molecule has 0 heterocycles. The Balaban J connectivity index is 3.02. The van der Waals surface area contributed by atoms with E-state index in [2.05, 4.69) is 21.6 Å².